The molecule has 1 aromatic carbocycles. The molecule has 5 heteroatoms. The minimum Gasteiger partial charge on any atom is -0.366 e. The normalized spacial score (nSPS) is 21.9. The number of carbonyl (C=O) groups excluding carboxylic acids is 2. The van der Waals surface area contributed by atoms with Crippen LogP contribution in [0.5, 0.6) is 0 Å². The summed E-state index contributed by atoms with van der Waals surface area (Å²) in [4.78, 5) is 25.8. The fraction of sp³-hybridized carbons (Fsp3) is 0.467. The van der Waals surface area contributed by atoms with Crippen LogP contribution in [0.2, 0.25) is 0 Å². The van der Waals surface area contributed by atoms with Crippen LogP contribution in [0, 0.1) is 5.92 Å². The first-order chi connectivity index (χ1) is 9.66. The van der Waals surface area contributed by atoms with Crippen LogP contribution in [0.4, 0.5) is 0 Å². The van der Waals surface area contributed by atoms with Gasteiger partial charge in [-0.05, 0) is 43.5 Å². The van der Waals surface area contributed by atoms with Crippen LogP contribution >= 0.6 is 0 Å². The Morgan fingerprint density at radius 3 is 3.00 bits per heavy atom. The Morgan fingerprint density at radius 2 is 2.30 bits per heavy atom. The highest BCUT2D eigenvalue weighted by Crippen LogP contribution is 2.27. The second-order valence-electron chi connectivity index (χ2n) is 5.60. The van der Waals surface area contributed by atoms with E-state index < -0.39 is 5.91 Å². The van der Waals surface area contributed by atoms with Gasteiger partial charge in [0.05, 0.1) is 11.1 Å². The van der Waals surface area contributed by atoms with Gasteiger partial charge >= 0.3 is 0 Å². The Morgan fingerprint density at radius 1 is 1.45 bits per heavy atom. The van der Waals surface area contributed by atoms with Crippen molar-refractivity contribution >= 4 is 11.8 Å². The summed E-state index contributed by atoms with van der Waals surface area (Å²) in [6.07, 6.45) is 2.31. The molecule has 106 valence electrons. The molecule has 0 radical (unpaired) electrons. The number of nitrogens with zero attached hydrogens (tertiary/aromatic N) is 1. The third-order valence-electron chi connectivity index (χ3n) is 4.16. The van der Waals surface area contributed by atoms with E-state index in [1.165, 1.54) is 0 Å². The Labute approximate surface area is 118 Å². The van der Waals surface area contributed by atoms with Crippen LogP contribution in [-0.4, -0.2) is 36.3 Å². The quantitative estimate of drug-likeness (QED) is 0.853. The number of rotatable bonds is 3. The number of nitrogens with two attached hydrogens (primary N) is 1. The molecule has 2 amide bonds. The van der Waals surface area contributed by atoms with Crippen LogP contribution in [0.3, 0.4) is 0 Å². The average Bonchev–Trinajstić information content (AvgIpc) is 2.77. The van der Waals surface area contributed by atoms with Gasteiger partial charge in [-0.25, -0.2) is 0 Å². The number of piperidine rings is 1. The lowest BCUT2D eigenvalue weighted by atomic mass is 9.99. The summed E-state index contributed by atoms with van der Waals surface area (Å²) in [7, 11) is 0. The maximum atomic E-state index is 12.5. The zero-order chi connectivity index (χ0) is 14.1. The number of carbonyl (C=O) groups is 2. The van der Waals surface area contributed by atoms with E-state index in [0.717, 1.165) is 38.0 Å². The molecule has 0 aromatic heterocycles. The zero-order valence-electron chi connectivity index (χ0n) is 11.4. The fourth-order valence-corrected chi connectivity index (χ4v) is 3.16. The van der Waals surface area contributed by atoms with Crippen molar-refractivity contribution in [2.45, 2.75) is 19.4 Å². The van der Waals surface area contributed by atoms with E-state index in [0.29, 0.717) is 23.6 Å². The maximum absolute atomic E-state index is 12.5. The molecule has 0 bridgehead atoms. The third kappa shape index (κ3) is 2.29. The van der Waals surface area contributed by atoms with E-state index in [9.17, 15) is 9.59 Å². The van der Waals surface area contributed by atoms with Crippen molar-refractivity contribution in [1.29, 1.82) is 0 Å². The highest BCUT2D eigenvalue weighted by atomic mass is 16.2. The van der Waals surface area contributed by atoms with E-state index in [1.807, 2.05) is 11.0 Å². The van der Waals surface area contributed by atoms with Crippen molar-refractivity contribution in [2.24, 2.45) is 11.7 Å². The summed E-state index contributed by atoms with van der Waals surface area (Å²) < 4.78 is 0. The van der Waals surface area contributed by atoms with Crippen LogP contribution < -0.4 is 11.1 Å². The summed E-state index contributed by atoms with van der Waals surface area (Å²) in [6, 6.07) is 5.32. The molecule has 5 nitrogen and oxygen atoms in total. The highest BCUT2D eigenvalue weighted by molar-refractivity contribution is 6.09. The van der Waals surface area contributed by atoms with Crippen LogP contribution in [-0.2, 0) is 6.54 Å². The summed E-state index contributed by atoms with van der Waals surface area (Å²) in [5.41, 5.74) is 7.12. The number of fused-ring (bicyclic) bond motifs is 1. The summed E-state index contributed by atoms with van der Waals surface area (Å²) in [5.74, 6) is -0.0876. The lowest BCUT2D eigenvalue weighted by Gasteiger charge is -2.27. The smallest absolute Gasteiger partial charge is 0.255 e. The summed E-state index contributed by atoms with van der Waals surface area (Å²) in [6.45, 7) is 3.36. The Balaban J connectivity index is 1.80. The Bertz CT molecular complexity index is 550. The van der Waals surface area contributed by atoms with Gasteiger partial charge in [0.2, 0.25) is 5.91 Å². The summed E-state index contributed by atoms with van der Waals surface area (Å²) >= 11 is 0. The molecule has 1 atom stereocenters. The molecule has 0 aliphatic carbocycles. The van der Waals surface area contributed by atoms with Crippen LogP contribution in [0.25, 0.3) is 0 Å². The highest BCUT2D eigenvalue weighted by Gasteiger charge is 2.32. The molecule has 1 saturated heterocycles. The molecule has 1 fully saturated rings. The molecular weight excluding hydrogens is 254 g/mol. The van der Waals surface area contributed by atoms with Gasteiger partial charge in [0, 0.05) is 13.1 Å². The second-order valence-corrected chi connectivity index (χ2v) is 5.60. The van der Waals surface area contributed by atoms with Gasteiger partial charge in [-0.2, -0.15) is 0 Å². The van der Waals surface area contributed by atoms with Gasteiger partial charge in [-0.3, -0.25) is 9.59 Å². The number of benzene rings is 1. The van der Waals surface area contributed by atoms with Crippen molar-refractivity contribution in [3.8, 4) is 0 Å². The van der Waals surface area contributed by atoms with Crippen molar-refractivity contribution in [1.82, 2.24) is 10.2 Å². The Kier molecular flexibility index (Phi) is 3.44. The van der Waals surface area contributed by atoms with Crippen molar-refractivity contribution in [3.63, 3.8) is 0 Å². The molecule has 2 aliphatic heterocycles. The monoisotopic (exact) mass is 273 g/mol. The molecule has 1 aromatic rings. The number of nitrogens with one attached hydrogen (secondary N) is 1. The van der Waals surface area contributed by atoms with Crippen molar-refractivity contribution in [3.05, 3.63) is 34.9 Å². The lowest BCUT2D eigenvalue weighted by Crippen LogP contribution is -2.38. The van der Waals surface area contributed by atoms with Crippen LogP contribution in [0.1, 0.15) is 39.1 Å². The SMILES string of the molecule is NC(=O)c1cccc2c1C(=O)N(CC1CCCNC1)C2. The maximum Gasteiger partial charge on any atom is 0.255 e. The van der Waals surface area contributed by atoms with Gasteiger partial charge in [-0.1, -0.05) is 12.1 Å². The average molecular weight is 273 g/mol. The zero-order valence-corrected chi connectivity index (χ0v) is 11.4. The molecule has 1 unspecified atom stereocenters. The fourth-order valence-electron chi connectivity index (χ4n) is 3.16. The van der Waals surface area contributed by atoms with E-state index in [2.05, 4.69) is 5.32 Å². The van der Waals surface area contributed by atoms with E-state index in [-0.39, 0.29) is 5.91 Å². The van der Waals surface area contributed by atoms with Gasteiger partial charge in [0.15, 0.2) is 0 Å². The lowest BCUT2D eigenvalue weighted by molar-refractivity contribution is 0.0739. The summed E-state index contributed by atoms with van der Waals surface area (Å²) in [5, 5.41) is 3.36. The molecule has 2 aliphatic rings. The van der Waals surface area contributed by atoms with E-state index in [4.69, 9.17) is 5.73 Å². The van der Waals surface area contributed by atoms with Gasteiger partial charge < -0.3 is 16.0 Å². The number of primary amides is 1. The predicted molar refractivity (Wildman–Crippen MR) is 75.3 cm³/mol. The van der Waals surface area contributed by atoms with Gasteiger partial charge in [0.25, 0.3) is 5.91 Å². The van der Waals surface area contributed by atoms with Gasteiger partial charge in [-0.15, -0.1) is 0 Å². The first-order valence-electron chi connectivity index (χ1n) is 7.08. The predicted octanol–water partition coefficient (Wildman–Crippen LogP) is 0.741. The van der Waals surface area contributed by atoms with Gasteiger partial charge in [0.1, 0.15) is 0 Å². The topological polar surface area (TPSA) is 75.4 Å². The second kappa shape index (κ2) is 5.25. The largest absolute Gasteiger partial charge is 0.366 e. The van der Waals surface area contributed by atoms with E-state index >= 15 is 0 Å². The molecule has 0 saturated carbocycles. The molecule has 2 heterocycles. The van der Waals surface area contributed by atoms with Crippen molar-refractivity contribution < 1.29 is 9.59 Å². The van der Waals surface area contributed by atoms with Crippen LogP contribution in [0.15, 0.2) is 18.2 Å². The third-order valence-corrected chi connectivity index (χ3v) is 4.16. The number of amides is 2. The first kappa shape index (κ1) is 13.1. The first-order valence-corrected chi connectivity index (χ1v) is 7.08. The molecule has 0 spiro atoms. The van der Waals surface area contributed by atoms with Crippen molar-refractivity contribution in [2.75, 3.05) is 19.6 Å². The van der Waals surface area contributed by atoms with E-state index in [1.54, 1.807) is 12.1 Å². The standard InChI is InChI=1S/C15H19N3O2/c16-14(19)12-5-1-4-11-9-18(15(20)13(11)12)8-10-3-2-6-17-7-10/h1,4-5,10,17H,2-3,6-9H2,(H2,16,19). The molecular formula is C15H19N3O2. The number of hydrogen-bond donors (Lipinski definition) is 2. The molecule has 3 N–H and O–H groups in total. The molecule has 20 heavy (non-hydrogen) atoms. The minimum absolute atomic E-state index is 0.0556. The minimum atomic E-state index is -0.531. The molecule has 3 rings (SSSR count). The Hall–Kier alpha value is -1.88. The number of hydrogen-bond acceptors (Lipinski definition) is 3.